The number of carbonyl (C=O) groups is 3. The van der Waals surface area contributed by atoms with Gasteiger partial charge in [-0.3, -0.25) is 19.3 Å². The van der Waals surface area contributed by atoms with E-state index in [4.69, 9.17) is 34.0 Å². The molecule has 16 rings (SSSR count). The second-order valence-electron chi connectivity index (χ2n) is 30.8. The van der Waals surface area contributed by atoms with E-state index >= 15 is 4.39 Å². The number of anilines is 1. The average molecular weight is 1450 g/mol. The van der Waals surface area contributed by atoms with Crippen LogP contribution in [-0.2, 0) is 31.2 Å². The third kappa shape index (κ3) is 13.7. The van der Waals surface area contributed by atoms with Crippen molar-refractivity contribution in [1.82, 2.24) is 54.8 Å². The second kappa shape index (κ2) is 29.3. The van der Waals surface area contributed by atoms with Crippen molar-refractivity contribution < 1.29 is 47.9 Å². The number of hydrogen-bond donors (Lipinski definition) is 3. The molecule has 21 nitrogen and oxygen atoms in total. The van der Waals surface area contributed by atoms with Crippen LogP contribution in [0.15, 0.2) is 182 Å². The van der Waals surface area contributed by atoms with Crippen molar-refractivity contribution in [3.05, 3.63) is 233 Å². The zero-order valence-electron chi connectivity index (χ0n) is 61.8. The number of β-amino-alcohol motifs (C(OH)–C–C–N with tert-alkyl or cyclic N) is 1. The van der Waals surface area contributed by atoms with Crippen molar-refractivity contribution in [3.63, 3.8) is 0 Å². The molecular weight excluding hydrogens is 1360 g/mol. The average Bonchev–Trinajstić information content (AvgIpc) is 1.50. The van der Waals surface area contributed by atoms with E-state index in [1.54, 1.807) is 12.4 Å². The van der Waals surface area contributed by atoms with Gasteiger partial charge < -0.3 is 49.2 Å². The number of nitrogens with zero attached hydrogens (tertiary/aromatic N) is 11. The molecule has 1 aliphatic carbocycles. The van der Waals surface area contributed by atoms with Crippen LogP contribution in [-0.4, -0.2) is 153 Å². The summed E-state index contributed by atoms with van der Waals surface area (Å²) in [5, 5.41) is 40.8. The van der Waals surface area contributed by atoms with Gasteiger partial charge in [0.1, 0.15) is 58.8 Å². The van der Waals surface area contributed by atoms with Gasteiger partial charge in [0.15, 0.2) is 5.75 Å². The van der Waals surface area contributed by atoms with Crippen LogP contribution in [0.2, 0.25) is 0 Å². The van der Waals surface area contributed by atoms with E-state index in [2.05, 4.69) is 74.2 Å². The monoisotopic (exact) mass is 1450 g/mol. The van der Waals surface area contributed by atoms with Crippen molar-refractivity contribution in [2.45, 2.75) is 153 Å². The van der Waals surface area contributed by atoms with Crippen LogP contribution < -0.4 is 19.7 Å². The molecule has 11 aromatic rings. The number of hydrogen-bond acceptors (Lipinski definition) is 16. The summed E-state index contributed by atoms with van der Waals surface area (Å²) in [6, 6.07) is 51.1. The standard InChI is InChI=1S/C86H89FN12O9/c1-51(2)78(82(103)97-46-64(101)41-74(97)81(102)89-73(49-100)58-33-31-55(32-34-58)66-24-17-37-88-53(66)4)98-48-72(92-94-98)57-27-25-54(26-28-57)50-106-79-76(75-52(3)70(87)43-71-69(75)47-99(93-71)86(59-18-11-8-12-19-59,60-20-13-9-14-21-60)61-22-15-10-16-23-61)67(56-29-30-56)42-68-77(79)90-83(107-65-35-38-105-39-36-65)91-80(68)95-44-63-40-62(95)45-96(63)84(104)108-85(5,6)7/h8-28,31-34,37,42-43,47-48,51,56,62-65,73-74,78,100-101H,29-30,35-36,38-41,44-46,49-50H2,1-7H3,(H,89,102)/t62-,63-,64+,73-,74-,78-/m0/s1. The molecule has 3 amide bonds. The molecule has 2 bridgehead atoms. The number of aliphatic hydroxyl groups is 2. The SMILES string of the molecule is Cc1ncccc1-c1ccc([C@H](CO)NC(=O)[C@@H]2C[C@@H](O)CN2C(=O)[C@H](C(C)C)n2cc(-c3ccc(COc4c(-c5c(C)c(F)cc6nn(C(c7ccccc7)(c7ccccc7)c7ccccc7)cc56)c(C5CC5)cc5c(N6C[C@@H]7C[C@H]6CN7C(=O)OC(C)(C)C)nc(OC6CCOCC6)nc45)cc3)nn2)cc1. The van der Waals surface area contributed by atoms with Crippen LogP contribution in [0.25, 0.3) is 55.3 Å². The highest BCUT2D eigenvalue weighted by Gasteiger charge is 2.49. The summed E-state index contributed by atoms with van der Waals surface area (Å²) in [7, 11) is 0. The molecule has 7 aromatic carbocycles. The van der Waals surface area contributed by atoms with E-state index in [9.17, 15) is 24.6 Å². The lowest BCUT2D eigenvalue weighted by Crippen LogP contribution is -2.50. The number of piperazine rings is 1. The van der Waals surface area contributed by atoms with E-state index in [1.807, 2.05) is 173 Å². The van der Waals surface area contributed by atoms with Crippen LogP contribution in [0, 0.1) is 25.6 Å². The van der Waals surface area contributed by atoms with Crippen molar-refractivity contribution >= 4 is 45.5 Å². The second-order valence-corrected chi connectivity index (χ2v) is 30.8. The van der Waals surface area contributed by atoms with Crippen LogP contribution >= 0.6 is 0 Å². The fourth-order valence-electron chi connectivity index (χ4n) is 16.5. The van der Waals surface area contributed by atoms with Crippen molar-refractivity contribution in [2.75, 3.05) is 44.4 Å². The Morgan fingerprint density at radius 2 is 1.41 bits per heavy atom. The normalized spacial score (nSPS) is 18.8. The number of amides is 3. The lowest BCUT2D eigenvalue weighted by Gasteiger charge is -2.36. The first-order valence-corrected chi connectivity index (χ1v) is 37.6. The van der Waals surface area contributed by atoms with E-state index in [0.29, 0.717) is 107 Å². The fourth-order valence-corrected chi connectivity index (χ4v) is 16.5. The number of benzene rings is 7. The van der Waals surface area contributed by atoms with Gasteiger partial charge in [-0.25, -0.2) is 13.9 Å². The Morgan fingerprint density at radius 3 is 2.03 bits per heavy atom. The first kappa shape index (κ1) is 71.3. The molecule has 22 heteroatoms. The smallest absolute Gasteiger partial charge is 0.410 e. The molecule has 4 aliphatic heterocycles. The Labute approximate surface area is 626 Å². The first-order chi connectivity index (χ1) is 52.3. The van der Waals surface area contributed by atoms with Crippen LogP contribution in [0.5, 0.6) is 11.8 Å². The molecule has 0 unspecified atom stereocenters. The number of ether oxygens (including phenoxy) is 4. The number of likely N-dealkylation sites (tertiary alicyclic amines) is 2. The number of rotatable bonds is 21. The maximum absolute atomic E-state index is 17.7. The summed E-state index contributed by atoms with van der Waals surface area (Å²) < 4.78 is 47.4. The van der Waals surface area contributed by atoms with E-state index in [-0.39, 0.29) is 61.7 Å². The lowest BCUT2D eigenvalue weighted by atomic mass is 9.77. The van der Waals surface area contributed by atoms with Gasteiger partial charge in [-0.1, -0.05) is 165 Å². The molecule has 5 fully saturated rings. The van der Waals surface area contributed by atoms with Crippen molar-refractivity contribution in [2.24, 2.45) is 5.92 Å². The molecule has 6 atom stereocenters. The number of aryl methyl sites for hydroxylation is 1. The molecule has 3 N–H and O–H groups in total. The summed E-state index contributed by atoms with van der Waals surface area (Å²) in [4.78, 5) is 63.7. The van der Waals surface area contributed by atoms with E-state index < -0.39 is 59.6 Å². The lowest BCUT2D eigenvalue weighted by molar-refractivity contribution is -0.142. The fraction of sp³-hybridized carbons (Fsp3) is 0.360. The topological polar surface area (TPSA) is 238 Å². The van der Waals surface area contributed by atoms with Gasteiger partial charge in [0.25, 0.3) is 0 Å². The quantitative estimate of drug-likeness (QED) is 0.0567. The number of pyridine rings is 1. The van der Waals surface area contributed by atoms with Crippen molar-refractivity contribution in [1.29, 1.82) is 0 Å². The number of fused-ring (bicyclic) bond motifs is 4. The zero-order valence-corrected chi connectivity index (χ0v) is 61.8. The molecule has 8 heterocycles. The third-order valence-electron chi connectivity index (χ3n) is 22.0. The summed E-state index contributed by atoms with van der Waals surface area (Å²) in [6.07, 6.45) is 7.75. The molecule has 1 saturated carbocycles. The maximum Gasteiger partial charge on any atom is 0.410 e. The number of halogens is 1. The van der Waals surface area contributed by atoms with Gasteiger partial charge >= 0.3 is 12.1 Å². The Hall–Kier alpha value is -10.9. The molecular formula is C86H89FN12O9. The molecule has 108 heavy (non-hydrogen) atoms. The first-order valence-electron chi connectivity index (χ1n) is 37.6. The van der Waals surface area contributed by atoms with E-state index in [1.165, 1.54) is 15.6 Å². The predicted molar refractivity (Wildman–Crippen MR) is 409 cm³/mol. The van der Waals surface area contributed by atoms with Crippen LogP contribution in [0.3, 0.4) is 0 Å². The Balaban J connectivity index is 0.766. The number of carbonyl (C=O) groups excluding carboxylic acids is 3. The number of nitrogens with one attached hydrogen (secondary N) is 1. The largest absolute Gasteiger partial charge is 0.486 e. The molecule has 0 spiro atoms. The van der Waals surface area contributed by atoms with Crippen molar-refractivity contribution in [3.8, 4) is 45.3 Å². The number of aromatic nitrogens is 8. The van der Waals surface area contributed by atoms with Crippen LogP contribution in [0.1, 0.15) is 136 Å². The van der Waals surface area contributed by atoms with Gasteiger partial charge in [0.05, 0.1) is 55.8 Å². The zero-order chi connectivity index (χ0) is 74.7. The Morgan fingerprint density at radius 1 is 0.731 bits per heavy atom. The summed E-state index contributed by atoms with van der Waals surface area (Å²) in [5.74, 6) is -0.507. The molecule has 4 aromatic heterocycles. The summed E-state index contributed by atoms with van der Waals surface area (Å²) in [5.41, 5.74) is 10.2. The highest BCUT2D eigenvalue weighted by molar-refractivity contribution is 6.06. The van der Waals surface area contributed by atoms with Crippen LogP contribution in [0.4, 0.5) is 15.0 Å². The minimum atomic E-state index is -1.03. The van der Waals surface area contributed by atoms with Gasteiger partial charge in [-0.2, -0.15) is 15.1 Å². The Bertz CT molecular complexity index is 5050. The summed E-state index contributed by atoms with van der Waals surface area (Å²) in [6.45, 7) is 14.8. The molecule has 554 valence electrons. The predicted octanol–water partition coefficient (Wildman–Crippen LogP) is 13.8. The summed E-state index contributed by atoms with van der Waals surface area (Å²) >= 11 is 0. The molecule has 5 aliphatic rings. The minimum absolute atomic E-state index is 0.0138. The maximum atomic E-state index is 17.7. The highest BCUT2D eigenvalue weighted by atomic mass is 19.1. The molecule has 0 radical (unpaired) electrons. The van der Waals surface area contributed by atoms with Gasteiger partial charge in [-0.05, 0) is 122 Å². The van der Waals surface area contributed by atoms with E-state index in [0.717, 1.165) is 62.9 Å². The van der Waals surface area contributed by atoms with Gasteiger partial charge in [0.2, 0.25) is 11.8 Å². The number of aliphatic hydroxyl groups excluding tert-OH is 2. The minimum Gasteiger partial charge on any atom is -0.486 e. The van der Waals surface area contributed by atoms with Gasteiger partial charge in [-0.15, -0.1) is 5.10 Å². The van der Waals surface area contributed by atoms with Gasteiger partial charge in [0, 0.05) is 96.1 Å². The third-order valence-corrected chi connectivity index (χ3v) is 22.0. The Kier molecular flexibility index (Phi) is 19.4. The highest BCUT2D eigenvalue weighted by Crippen LogP contribution is 2.55. The molecule has 4 saturated heterocycles.